The molecule has 0 radical (unpaired) electrons. The Balaban J connectivity index is 1.54. The van der Waals surface area contributed by atoms with Crippen molar-refractivity contribution in [2.45, 2.75) is 43.5 Å². The lowest BCUT2D eigenvalue weighted by molar-refractivity contribution is -0.125. The maximum absolute atomic E-state index is 12.9. The number of benzene rings is 2. The largest absolute Gasteiger partial charge is 0.497 e. The molecule has 2 aromatic rings. The topological polar surface area (TPSA) is 70.7 Å². The molecule has 2 amide bonds. The van der Waals surface area contributed by atoms with Crippen molar-refractivity contribution < 1.29 is 14.3 Å². The second-order valence-electron chi connectivity index (χ2n) is 7.61. The minimum Gasteiger partial charge on any atom is -0.497 e. The van der Waals surface area contributed by atoms with Gasteiger partial charge in [-0.1, -0.05) is 19.4 Å². The lowest BCUT2D eigenvalue weighted by atomic mass is 10.1. The Morgan fingerprint density at radius 1 is 1.13 bits per heavy atom. The molecule has 0 aliphatic carbocycles. The van der Waals surface area contributed by atoms with Gasteiger partial charge in [0.2, 0.25) is 11.8 Å². The highest BCUT2D eigenvalue weighted by atomic mass is 32.2. The Kier molecular flexibility index (Phi) is 8.64. The van der Waals surface area contributed by atoms with Gasteiger partial charge in [-0.15, -0.1) is 11.8 Å². The molecule has 1 aliphatic heterocycles. The number of hydrogen-bond acceptors (Lipinski definition) is 5. The molecule has 1 atom stereocenters. The minimum atomic E-state index is -0.551. The van der Waals surface area contributed by atoms with Crippen molar-refractivity contribution in [3.8, 4) is 5.75 Å². The van der Waals surface area contributed by atoms with Gasteiger partial charge in [0.1, 0.15) is 11.8 Å². The zero-order valence-electron chi connectivity index (χ0n) is 18.2. The van der Waals surface area contributed by atoms with Crippen LogP contribution < -0.4 is 20.3 Å². The van der Waals surface area contributed by atoms with Crippen LogP contribution in [-0.2, 0) is 9.59 Å². The number of rotatable bonds is 10. The SMILES string of the molecule is CCCC(NC(=O)CSc1ccc(OC)cc1)C(=O)Nc1cccc(N2CCCC2)c1. The van der Waals surface area contributed by atoms with E-state index in [9.17, 15) is 9.59 Å². The summed E-state index contributed by atoms with van der Waals surface area (Å²) in [5, 5.41) is 5.88. The molecule has 0 bridgehead atoms. The summed E-state index contributed by atoms with van der Waals surface area (Å²) < 4.78 is 5.15. The van der Waals surface area contributed by atoms with Crippen LogP contribution in [0.1, 0.15) is 32.6 Å². The van der Waals surface area contributed by atoms with Crippen molar-refractivity contribution in [2.24, 2.45) is 0 Å². The summed E-state index contributed by atoms with van der Waals surface area (Å²) in [7, 11) is 1.62. The van der Waals surface area contributed by atoms with Gasteiger partial charge in [-0.05, 0) is 61.7 Å². The van der Waals surface area contributed by atoms with Crippen LogP contribution in [0.3, 0.4) is 0 Å². The first-order valence-electron chi connectivity index (χ1n) is 10.8. The molecule has 0 spiro atoms. The van der Waals surface area contributed by atoms with E-state index < -0.39 is 6.04 Å². The molecule has 2 N–H and O–H groups in total. The lowest BCUT2D eigenvalue weighted by Gasteiger charge is -2.20. The third kappa shape index (κ3) is 6.92. The number of methoxy groups -OCH3 is 1. The average molecular weight is 442 g/mol. The molecule has 1 heterocycles. The lowest BCUT2D eigenvalue weighted by Crippen LogP contribution is -2.44. The second-order valence-corrected chi connectivity index (χ2v) is 8.66. The Morgan fingerprint density at radius 2 is 1.87 bits per heavy atom. The van der Waals surface area contributed by atoms with Gasteiger partial charge in [0.25, 0.3) is 0 Å². The van der Waals surface area contributed by atoms with Gasteiger partial charge in [-0.2, -0.15) is 0 Å². The van der Waals surface area contributed by atoms with Crippen molar-refractivity contribution in [1.82, 2.24) is 5.32 Å². The van der Waals surface area contributed by atoms with Gasteiger partial charge < -0.3 is 20.3 Å². The summed E-state index contributed by atoms with van der Waals surface area (Å²) in [6, 6.07) is 14.9. The maximum atomic E-state index is 12.9. The van der Waals surface area contributed by atoms with Crippen molar-refractivity contribution >= 4 is 35.0 Å². The minimum absolute atomic E-state index is 0.153. The summed E-state index contributed by atoms with van der Waals surface area (Å²) in [6.45, 7) is 4.11. The van der Waals surface area contributed by atoms with Crippen molar-refractivity contribution in [1.29, 1.82) is 0 Å². The number of carbonyl (C=O) groups excluding carboxylic acids is 2. The normalized spacial score (nSPS) is 14.2. The number of amides is 2. The standard InChI is InChI=1S/C24H31N3O3S/c1-3-7-22(26-23(28)17-31-21-12-10-20(30-2)11-13-21)24(29)25-18-8-6-9-19(16-18)27-14-4-5-15-27/h6,8-13,16,22H,3-5,7,14-15,17H2,1-2H3,(H,25,29)(H,26,28). The number of carbonyl (C=O) groups is 2. The monoisotopic (exact) mass is 441 g/mol. The van der Waals surface area contributed by atoms with Crippen molar-refractivity contribution in [3.63, 3.8) is 0 Å². The predicted octanol–water partition coefficient (Wildman–Crippen LogP) is 4.31. The van der Waals surface area contributed by atoms with Crippen LogP contribution >= 0.6 is 11.8 Å². The molecule has 1 unspecified atom stereocenters. The first-order chi connectivity index (χ1) is 15.1. The van der Waals surface area contributed by atoms with Crippen LogP contribution in [0, 0.1) is 0 Å². The van der Waals surface area contributed by atoms with E-state index in [-0.39, 0.29) is 17.6 Å². The van der Waals surface area contributed by atoms with Gasteiger partial charge in [-0.3, -0.25) is 9.59 Å². The Morgan fingerprint density at radius 3 is 2.55 bits per heavy atom. The number of nitrogens with one attached hydrogen (secondary N) is 2. The molecule has 1 fully saturated rings. The highest BCUT2D eigenvalue weighted by molar-refractivity contribution is 8.00. The Bertz CT molecular complexity index is 867. The van der Waals surface area contributed by atoms with Crippen LogP contribution in [0.5, 0.6) is 5.75 Å². The fraction of sp³-hybridized carbons (Fsp3) is 0.417. The van der Waals surface area contributed by atoms with Gasteiger partial charge in [0, 0.05) is 29.4 Å². The zero-order valence-corrected chi connectivity index (χ0v) is 19.0. The fourth-order valence-corrected chi connectivity index (χ4v) is 4.31. The first kappa shape index (κ1) is 23.0. The molecule has 1 aliphatic rings. The average Bonchev–Trinajstić information content (AvgIpc) is 3.33. The molecule has 6 nitrogen and oxygen atoms in total. The molecule has 3 rings (SSSR count). The van der Waals surface area contributed by atoms with E-state index >= 15 is 0 Å². The van der Waals surface area contributed by atoms with Crippen LogP contribution in [-0.4, -0.2) is 43.8 Å². The van der Waals surface area contributed by atoms with E-state index in [4.69, 9.17) is 4.74 Å². The second kappa shape index (κ2) is 11.6. The molecular formula is C24H31N3O3S. The molecule has 7 heteroatoms. The van der Waals surface area contributed by atoms with Crippen molar-refractivity contribution in [3.05, 3.63) is 48.5 Å². The van der Waals surface area contributed by atoms with E-state index in [1.165, 1.54) is 24.6 Å². The van der Waals surface area contributed by atoms with E-state index in [1.54, 1.807) is 7.11 Å². The Hall–Kier alpha value is -2.67. The van der Waals surface area contributed by atoms with Crippen LogP contribution in [0.15, 0.2) is 53.4 Å². The molecule has 1 saturated heterocycles. The smallest absolute Gasteiger partial charge is 0.246 e. The van der Waals surface area contributed by atoms with Crippen LogP contribution in [0.4, 0.5) is 11.4 Å². The number of nitrogens with zero attached hydrogens (tertiary/aromatic N) is 1. The molecule has 2 aromatic carbocycles. The van der Waals surface area contributed by atoms with Gasteiger partial charge in [-0.25, -0.2) is 0 Å². The highest BCUT2D eigenvalue weighted by Gasteiger charge is 2.21. The third-order valence-electron chi connectivity index (χ3n) is 5.24. The summed E-state index contributed by atoms with van der Waals surface area (Å²) >= 11 is 1.43. The van der Waals surface area contributed by atoms with Gasteiger partial charge in [0.15, 0.2) is 0 Å². The quantitative estimate of drug-likeness (QED) is 0.538. The molecule has 0 aromatic heterocycles. The van der Waals surface area contributed by atoms with Gasteiger partial charge >= 0.3 is 0 Å². The van der Waals surface area contributed by atoms with Crippen LogP contribution in [0.2, 0.25) is 0 Å². The first-order valence-corrected chi connectivity index (χ1v) is 11.8. The molecule has 0 saturated carbocycles. The number of ether oxygens (including phenoxy) is 1. The molecular weight excluding hydrogens is 410 g/mol. The number of thioether (sulfide) groups is 1. The van der Waals surface area contributed by atoms with Gasteiger partial charge in [0.05, 0.1) is 12.9 Å². The van der Waals surface area contributed by atoms with E-state index in [0.29, 0.717) is 6.42 Å². The predicted molar refractivity (Wildman–Crippen MR) is 127 cm³/mol. The summed E-state index contributed by atoms with van der Waals surface area (Å²) in [5.41, 5.74) is 1.89. The third-order valence-corrected chi connectivity index (χ3v) is 6.26. The summed E-state index contributed by atoms with van der Waals surface area (Å²) in [4.78, 5) is 28.6. The Labute approximate surface area is 188 Å². The van der Waals surface area contributed by atoms with E-state index in [2.05, 4.69) is 21.6 Å². The summed E-state index contributed by atoms with van der Waals surface area (Å²) in [6.07, 6.45) is 3.81. The summed E-state index contributed by atoms with van der Waals surface area (Å²) in [5.74, 6) is 0.704. The molecule has 166 valence electrons. The zero-order chi connectivity index (χ0) is 22.1. The fourth-order valence-electron chi connectivity index (χ4n) is 3.60. The van der Waals surface area contributed by atoms with E-state index in [0.717, 1.165) is 41.5 Å². The molecule has 31 heavy (non-hydrogen) atoms. The number of hydrogen-bond donors (Lipinski definition) is 2. The van der Waals surface area contributed by atoms with Crippen molar-refractivity contribution in [2.75, 3.05) is 36.2 Å². The van der Waals surface area contributed by atoms with E-state index in [1.807, 2.05) is 49.4 Å². The van der Waals surface area contributed by atoms with Crippen LogP contribution in [0.25, 0.3) is 0 Å². The number of anilines is 2. The highest BCUT2D eigenvalue weighted by Crippen LogP contribution is 2.24. The maximum Gasteiger partial charge on any atom is 0.246 e.